The summed E-state index contributed by atoms with van der Waals surface area (Å²) >= 11 is 2.98. The molecule has 2 aromatic carbocycles. The van der Waals surface area contributed by atoms with Crippen molar-refractivity contribution in [3.05, 3.63) is 82.6 Å². The highest BCUT2D eigenvalue weighted by molar-refractivity contribution is 7.99. The van der Waals surface area contributed by atoms with Crippen LogP contribution in [0.1, 0.15) is 16.0 Å². The molecule has 0 radical (unpaired) electrons. The van der Waals surface area contributed by atoms with Crippen molar-refractivity contribution < 1.29 is 9.18 Å². The lowest BCUT2D eigenvalue weighted by Gasteiger charge is -2.02. The van der Waals surface area contributed by atoms with Crippen LogP contribution in [-0.4, -0.2) is 16.6 Å². The normalized spacial score (nSPS) is 10.6. The van der Waals surface area contributed by atoms with Crippen LogP contribution in [0.4, 0.5) is 9.52 Å². The average molecular weight is 372 g/mol. The topological polar surface area (TPSA) is 42.0 Å². The Balaban J connectivity index is 1.44. The SMILES string of the molecule is O=C(CSCc1ccc(F)cc1)Nc1ncc(Cc2ccccc2)s1. The Bertz CT molecular complexity index is 819. The smallest absolute Gasteiger partial charge is 0.236 e. The van der Waals surface area contributed by atoms with Gasteiger partial charge in [0.1, 0.15) is 5.82 Å². The highest BCUT2D eigenvalue weighted by Crippen LogP contribution is 2.21. The fourth-order valence-electron chi connectivity index (χ4n) is 2.24. The number of carbonyl (C=O) groups is 1. The van der Waals surface area contributed by atoms with Gasteiger partial charge in [-0.3, -0.25) is 4.79 Å². The van der Waals surface area contributed by atoms with Crippen molar-refractivity contribution in [2.24, 2.45) is 0 Å². The van der Waals surface area contributed by atoms with Crippen LogP contribution in [0.25, 0.3) is 0 Å². The van der Waals surface area contributed by atoms with Gasteiger partial charge in [0.15, 0.2) is 5.13 Å². The molecule has 0 atom stereocenters. The maximum Gasteiger partial charge on any atom is 0.236 e. The molecular formula is C19H17FN2OS2. The number of carbonyl (C=O) groups excluding carboxylic acids is 1. The molecule has 3 aromatic rings. The minimum absolute atomic E-state index is 0.0762. The maximum atomic E-state index is 12.8. The summed E-state index contributed by atoms with van der Waals surface area (Å²) in [5, 5.41) is 3.45. The van der Waals surface area contributed by atoms with Gasteiger partial charge in [-0.15, -0.1) is 23.1 Å². The molecule has 0 fully saturated rings. The Morgan fingerprint density at radius 3 is 2.60 bits per heavy atom. The third-order valence-corrected chi connectivity index (χ3v) is 5.35. The summed E-state index contributed by atoms with van der Waals surface area (Å²) in [5.41, 5.74) is 2.22. The largest absolute Gasteiger partial charge is 0.301 e. The van der Waals surface area contributed by atoms with E-state index in [1.54, 1.807) is 18.3 Å². The molecule has 0 bridgehead atoms. The number of aromatic nitrogens is 1. The van der Waals surface area contributed by atoms with Gasteiger partial charge in [0.2, 0.25) is 5.91 Å². The van der Waals surface area contributed by atoms with Crippen LogP contribution in [-0.2, 0) is 17.0 Å². The summed E-state index contributed by atoms with van der Waals surface area (Å²) in [4.78, 5) is 17.4. The van der Waals surface area contributed by atoms with Crippen molar-refractivity contribution in [2.75, 3.05) is 11.1 Å². The molecule has 0 aliphatic carbocycles. The fraction of sp³-hybridized carbons (Fsp3) is 0.158. The van der Waals surface area contributed by atoms with Crippen LogP contribution in [0.5, 0.6) is 0 Å². The zero-order chi connectivity index (χ0) is 17.5. The molecule has 0 unspecified atom stereocenters. The average Bonchev–Trinajstić information content (AvgIpc) is 3.04. The molecule has 0 spiro atoms. The van der Waals surface area contributed by atoms with Crippen LogP contribution < -0.4 is 5.32 Å². The van der Waals surface area contributed by atoms with E-state index < -0.39 is 0 Å². The van der Waals surface area contributed by atoms with Crippen LogP contribution in [0.3, 0.4) is 0 Å². The first kappa shape index (κ1) is 17.6. The summed E-state index contributed by atoms with van der Waals surface area (Å²) < 4.78 is 12.8. The number of hydrogen-bond acceptors (Lipinski definition) is 4. The van der Waals surface area contributed by atoms with E-state index in [-0.39, 0.29) is 11.7 Å². The standard InChI is InChI=1S/C19H17FN2OS2/c20-16-8-6-15(7-9-16)12-24-13-18(23)22-19-21-11-17(25-19)10-14-4-2-1-3-5-14/h1-9,11H,10,12-13H2,(H,21,22,23). The van der Waals surface area contributed by atoms with Gasteiger partial charge in [0.05, 0.1) is 5.75 Å². The highest BCUT2D eigenvalue weighted by Gasteiger charge is 2.08. The van der Waals surface area contributed by atoms with Gasteiger partial charge in [-0.1, -0.05) is 42.5 Å². The van der Waals surface area contributed by atoms with Crippen molar-refractivity contribution in [1.82, 2.24) is 4.98 Å². The molecule has 0 saturated carbocycles. The van der Waals surface area contributed by atoms with Crippen LogP contribution in [0.2, 0.25) is 0 Å². The fourth-order valence-corrected chi connectivity index (χ4v) is 3.89. The number of anilines is 1. The van der Waals surface area contributed by atoms with Crippen molar-refractivity contribution in [1.29, 1.82) is 0 Å². The Morgan fingerprint density at radius 1 is 1.08 bits per heavy atom. The van der Waals surface area contributed by atoms with Gasteiger partial charge in [-0.05, 0) is 23.3 Å². The van der Waals surface area contributed by atoms with E-state index in [0.717, 1.165) is 16.9 Å². The quantitative estimate of drug-likeness (QED) is 0.651. The summed E-state index contributed by atoms with van der Waals surface area (Å²) in [5.74, 6) is 0.685. The van der Waals surface area contributed by atoms with Crippen molar-refractivity contribution in [2.45, 2.75) is 12.2 Å². The molecule has 0 aliphatic rings. The van der Waals surface area contributed by atoms with E-state index >= 15 is 0 Å². The van der Waals surface area contributed by atoms with E-state index in [0.29, 0.717) is 16.6 Å². The lowest BCUT2D eigenvalue weighted by molar-refractivity contribution is -0.113. The molecule has 1 aromatic heterocycles. The number of benzene rings is 2. The number of rotatable bonds is 7. The Labute approximate surface area is 154 Å². The molecule has 6 heteroatoms. The van der Waals surface area contributed by atoms with Gasteiger partial charge < -0.3 is 5.32 Å². The number of nitrogens with one attached hydrogen (secondary N) is 1. The summed E-state index contributed by atoms with van der Waals surface area (Å²) in [6.07, 6.45) is 2.62. The van der Waals surface area contributed by atoms with E-state index in [9.17, 15) is 9.18 Å². The third kappa shape index (κ3) is 5.69. The van der Waals surface area contributed by atoms with Crippen molar-refractivity contribution in [3.8, 4) is 0 Å². The minimum atomic E-state index is -0.249. The number of thiazole rings is 1. The third-order valence-electron chi connectivity index (χ3n) is 3.44. The molecule has 0 saturated heterocycles. The van der Waals surface area contributed by atoms with Gasteiger partial charge in [0, 0.05) is 23.2 Å². The summed E-state index contributed by atoms with van der Waals surface area (Å²) in [6.45, 7) is 0. The Morgan fingerprint density at radius 2 is 1.84 bits per heavy atom. The molecule has 25 heavy (non-hydrogen) atoms. The second-order valence-electron chi connectivity index (χ2n) is 5.46. The number of nitrogens with zero attached hydrogens (tertiary/aromatic N) is 1. The molecule has 3 rings (SSSR count). The maximum absolute atomic E-state index is 12.8. The number of amides is 1. The molecule has 1 N–H and O–H groups in total. The first-order valence-corrected chi connectivity index (χ1v) is 9.77. The Kier molecular flexibility index (Phi) is 6.19. The second kappa shape index (κ2) is 8.78. The lowest BCUT2D eigenvalue weighted by Crippen LogP contribution is -2.13. The van der Waals surface area contributed by atoms with E-state index in [1.165, 1.54) is 40.8 Å². The first-order valence-electron chi connectivity index (χ1n) is 7.80. The number of thioether (sulfide) groups is 1. The summed E-state index contributed by atoms with van der Waals surface area (Å²) in [7, 11) is 0. The molecule has 0 aliphatic heterocycles. The molecular weight excluding hydrogens is 355 g/mol. The minimum Gasteiger partial charge on any atom is -0.301 e. The van der Waals surface area contributed by atoms with Gasteiger partial charge in [-0.2, -0.15) is 0 Å². The van der Waals surface area contributed by atoms with E-state index in [4.69, 9.17) is 0 Å². The molecule has 3 nitrogen and oxygen atoms in total. The zero-order valence-corrected chi connectivity index (χ0v) is 15.1. The first-order chi connectivity index (χ1) is 12.2. The summed E-state index contributed by atoms with van der Waals surface area (Å²) in [6, 6.07) is 16.5. The second-order valence-corrected chi connectivity index (χ2v) is 7.56. The molecule has 1 heterocycles. The van der Waals surface area contributed by atoms with E-state index in [1.807, 2.05) is 18.2 Å². The highest BCUT2D eigenvalue weighted by atomic mass is 32.2. The zero-order valence-electron chi connectivity index (χ0n) is 13.4. The van der Waals surface area contributed by atoms with Crippen LogP contribution in [0.15, 0.2) is 60.8 Å². The predicted octanol–water partition coefficient (Wildman–Crippen LogP) is 4.74. The number of hydrogen-bond donors (Lipinski definition) is 1. The van der Waals surface area contributed by atoms with Crippen molar-refractivity contribution >= 4 is 34.1 Å². The lowest BCUT2D eigenvalue weighted by atomic mass is 10.1. The monoisotopic (exact) mass is 372 g/mol. The predicted molar refractivity (Wildman–Crippen MR) is 103 cm³/mol. The van der Waals surface area contributed by atoms with Gasteiger partial charge in [0.25, 0.3) is 0 Å². The molecule has 1 amide bonds. The van der Waals surface area contributed by atoms with Gasteiger partial charge in [-0.25, -0.2) is 9.37 Å². The van der Waals surface area contributed by atoms with Crippen LogP contribution >= 0.6 is 23.1 Å². The van der Waals surface area contributed by atoms with Crippen LogP contribution in [0, 0.1) is 5.82 Å². The van der Waals surface area contributed by atoms with E-state index in [2.05, 4.69) is 22.4 Å². The van der Waals surface area contributed by atoms with Gasteiger partial charge >= 0.3 is 0 Å². The van der Waals surface area contributed by atoms with Crippen molar-refractivity contribution in [3.63, 3.8) is 0 Å². The number of halogens is 1. The Hall–Kier alpha value is -2.18. The molecule has 128 valence electrons.